The predicted molar refractivity (Wildman–Crippen MR) is 77.5 cm³/mol. The Kier molecular flexibility index (Phi) is 6.88. The van der Waals surface area contributed by atoms with Gasteiger partial charge >= 0.3 is 11.9 Å². The molecule has 0 fully saturated rings. The summed E-state index contributed by atoms with van der Waals surface area (Å²) in [5.74, 6) is -1.20. The van der Waals surface area contributed by atoms with Crippen molar-refractivity contribution in [2.75, 3.05) is 20.8 Å². The topological polar surface area (TPSA) is 90.9 Å². The molecular formula is C15H19NO6. The van der Waals surface area contributed by atoms with E-state index in [1.54, 1.807) is 31.2 Å². The van der Waals surface area contributed by atoms with E-state index in [0.717, 1.165) is 0 Å². The van der Waals surface area contributed by atoms with Crippen molar-refractivity contribution in [3.63, 3.8) is 0 Å². The van der Waals surface area contributed by atoms with Gasteiger partial charge in [0, 0.05) is 5.56 Å². The van der Waals surface area contributed by atoms with E-state index in [9.17, 15) is 14.4 Å². The van der Waals surface area contributed by atoms with Crippen LogP contribution in [0.5, 0.6) is 5.75 Å². The van der Waals surface area contributed by atoms with Crippen LogP contribution in [-0.4, -0.2) is 44.7 Å². The van der Waals surface area contributed by atoms with E-state index in [0.29, 0.717) is 11.3 Å². The normalized spacial score (nSPS) is 11.2. The maximum Gasteiger partial charge on any atom is 0.328 e. The lowest BCUT2D eigenvalue weighted by molar-refractivity contribution is -0.150. The zero-order valence-electron chi connectivity index (χ0n) is 12.8. The number of carbonyl (C=O) groups is 3. The van der Waals surface area contributed by atoms with Crippen LogP contribution in [0.25, 0.3) is 0 Å². The first-order chi connectivity index (χ1) is 10.5. The van der Waals surface area contributed by atoms with Gasteiger partial charge in [-0.15, -0.1) is 0 Å². The van der Waals surface area contributed by atoms with Crippen molar-refractivity contribution in [1.29, 1.82) is 0 Å². The fourth-order valence-corrected chi connectivity index (χ4v) is 1.71. The Morgan fingerprint density at radius 3 is 2.27 bits per heavy atom. The first kappa shape index (κ1) is 17.5. The molecule has 0 aliphatic rings. The lowest BCUT2D eigenvalue weighted by Crippen LogP contribution is -2.43. The summed E-state index contributed by atoms with van der Waals surface area (Å²) in [4.78, 5) is 35.2. The summed E-state index contributed by atoms with van der Waals surface area (Å²) in [6.07, 6.45) is -0.289. The van der Waals surface area contributed by atoms with Crippen LogP contribution in [0, 0.1) is 0 Å². The van der Waals surface area contributed by atoms with Gasteiger partial charge < -0.3 is 19.5 Å². The molecule has 0 radical (unpaired) electrons. The number of methoxy groups -OCH3 is 2. The minimum Gasteiger partial charge on any atom is -0.497 e. The van der Waals surface area contributed by atoms with Crippen LogP contribution in [0.3, 0.4) is 0 Å². The molecule has 7 heteroatoms. The molecule has 1 aromatic rings. The highest BCUT2D eigenvalue weighted by atomic mass is 16.5. The molecule has 1 unspecified atom stereocenters. The molecule has 0 bridgehead atoms. The van der Waals surface area contributed by atoms with Crippen LogP contribution < -0.4 is 10.1 Å². The molecule has 0 saturated heterocycles. The molecule has 1 amide bonds. The monoisotopic (exact) mass is 309 g/mol. The Labute approximate surface area is 128 Å². The van der Waals surface area contributed by atoms with E-state index in [2.05, 4.69) is 10.1 Å². The number of rotatable bonds is 7. The highest BCUT2D eigenvalue weighted by Crippen LogP contribution is 2.11. The van der Waals surface area contributed by atoms with Gasteiger partial charge in [-0.25, -0.2) is 4.79 Å². The summed E-state index contributed by atoms with van der Waals surface area (Å²) < 4.78 is 14.4. The molecule has 120 valence electrons. The largest absolute Gasteiger partial charge is 0.497 e. The first-order valence-corrected chi connectivity index (χ1v) is 6.70. The van der Waals surface area contributed by atoms with Gasteiger partial charge in [0.15, 0.2) is 0 Å². The van der Waals surface area contributed by atoms with Crippen LogP contribution in [0.2, 0.25) is 0 Å². The number of benzene rings is 1. The van der Waals surface area contributed by atoms with Crippen LogP contribution in [-0.2, 0) is 19.1 Å². The average molecular weight is 309 g/mol. The van der Waals surface area contributed by atoms with Crippen molar-refractivity contribution >= 4 is 17.8 Å². The van der Waals surface area contributed by atoms with Gasteiger partial charge in [-0.2, -0.15) is 0 Å². The van der Waals surface area contributed by atoms with E-state index in [-0.39, 0.29) is 13.0 Å². The van der Waals surface area contributed by atoms with Gasteiger partial charge in [-0.3, -0.25) is 9.59 Å². The summed E-state index contributed by atoms with van der Waals surface area (Å²) in [5.41, 5.74) is 0.332. The minimum absolute atomic E-state index is 0.194. The van der Waals surface area contributed by atoms with Gasteiger partial charge in [0.2, 0.25) is 0 Å². The molecule has 22 heavy (non-hydrogen) atoms. The number of amides is 1. The summed E-state index contributed by atoms with van der Waals surface area (Å²) in [5, 5.41) is 2.46. The Hall–Kier alpha value is -2.57. The standard InChI is InChI=1S/C15H19NO6/c1-4-22-13(17)9-12(15(19)21-3)16-14(18)10-5-7-11(20-2)8-6-10/h5-8,12H,4,9H2,1-3H3,(H,16,18). The Balaban J connectivity index is 2.76. The number of hydrogen-bond acceptors (Lipinski definition) is 6. The van der Waals surface area contributed by atoms with E-state index < -0.39 is 23.9 Å². The molecule has 0 aliphatic heterocycles. The lowest BCUT2D eigenvalue weighted by atomic mass is 10.1. The smallest absolute Gasteiger partial charge is 0.328 e. The molecule has 7 nitrogen and oxygen atoms in total. The van der Waals surface area contributed by atoms with Crippen molar-refractivity contribution in [2.45, 2.75) is 19.4 Å². The third-order valence-electron chi connectivity index (χ3n) is 2.82. The van der Waals surface area contributed by atoms with Crippen LogP contribution in [0.1, 0.15) is 23.7 Å². The average Bonchev–Trinajstić information content (AvgIpc) is 2.53. The predicted octanol–water partition coefficient (Wildman–Crippen LogP) is 0.920. The lowest BCUT2D eigenvalue weighted by Gasteiger charge is -2.15. The van der Waals surface area contributed by atoms with E-state index >= 15 is 0 Å². The fourth-order valence-electron chi connectivity index (χ4n) is 1.71. The third-order valence-corrected chi connectivity index (χ3v) is 2.82. The molecule has 0 spiro atoms. The maximum atomic E-state index is 12.1. The Morgan fingerprint density at radius 2 is 1.77 bits per heavy atom. The Bertz CT molecular complexity index is 525. The molecular weight excluding hydrogens is 290 g/mol. The molecule has 0 heterocycles. The molecule has 1 atom stereocenters. The third kappa shape index (κ3) is 5.08. The summed E-state index contributed by atoms with van der Waals surface area (Å²) in [6, 6.07) is 5.24. The number of nitrogens with one attached hydrogen (secondary N) is 1. The first-order valence-electron chi connectivity index (χ1n) is 6.70. The van der Waals surface area contributed by atoms with Crippen LogP contribution in [0.15, 0.2) is 24.3 Å². The molecule has 0 aliphatic carbocycles. The van der Waals surface area contributed by atoms with Gasteiger partial charge in [0.05, 0.1) is 27.2 Å². The number of hydrogen-bond donors (Lipinski definition) is 1. The number of esters is 2. The van der Waals surface area contributed by atoms with Crippen molar-refractivity contribution in [3.8, 4) is 5.75 Å². The minimum atomic E-state index is -1.10. The highest BCUT2D eigenvalue weighted by molar-refractivity contribution is 5.97. The summed E-state index contributed by atoms with van der Waals surface area (Å²) in [7, 11) is 2.70. The summed E-state index contributed by atoms with van der Waals surface area (Å²) in [6.45, 7) is 1.85. The molecule has 1 rings (SSSR count). The fraction of sp³-hybridized carbons (Fsp3) is 0.400. The van der Waals surface area contributed by atoms with Gasteiger partial charge in [-0.05, 0) is 31.2 Å². The summed E-state index contributed by atoms with van der Waals surface area (Å²) >= 11 is 0. The van der Waals surface area contributed by atoms with E-state index in [1.165, 1.54) is 14.2 Å². The van der Waals surface area contributed by atoms with Gasteiger partial charge in [0.1, 0.15) is 11.8 Å². The zero-order chi connectivity index (χ0) is 16.5. The molecule has 0 aromatic heterocycles. The van der Waals surface area contributed by atoms with Crippen LogP contribution in [0.4, 0.5) is 0 Å². The van der Waals surface area contributed by atoms with Crippen molar-refractivity contribution in [3.05, 3.63) is 29.8 Å². The number of ether oxygens (including phenoxy) is 3. The van der Waals surface area contributed by atoms with Crippen molar-refractivity contribution < 1.29 is 28.6 Å². The molecule has 0 saturated carbocycles. The highest BCUT2D eigenvalue weighted by Gasteiger charge is 2.25. The SMILES string of the molecule is CCOC(=O)CC(NC(=O)c1ccc(OC)cc1)C(=O)OC. The second kappa shape index (κ2) is 8.66. The molecule has 1 N–H and O–H groups in total. The quantitative estimate of drug-likeness (QED) is 0.753. The van der Waals surface area contributed by atoms with E-state index in [1.807, 2.05) is 0 Å². The Morgan fingerprint density at radius 1 is 1.14 bits per heavy atom. The molecule has 1 aromatic carbocycles. The zero-order valence-corrected chi connectivity index (χ0v) is 12.8. The second-order valence-electron chi connectivity index (χ2n) is 4.29. The van der Waals surface area contributed by atoms with E-state index in [4.69, 9.17) is 9.47 Å². The van der Waals surface area contributed by atoms with Gasteiger partial charge in [-0.1, -0.05) is 0 Å². The van der Waals surface area contributed by atoms with Crippen molar-refractivity contribution in [1.82, 2.24) is 5.32 Å². The van der Waals surface area contributed by atoms with Crippen LogP contribution >= 0.6 is 0 Å². The maximum absolute atomic E-state index is 12.1. The van der Waals surface area contributed by atoms with Crippen molar-refractivity contribution in [2.24, 2.45) is 0 Å². The second-order valence-corrected chi connectivity index (χ2v) is 4.29. The number of carbonyl (C=O) groups excluding carboxylic acids is 3. The van der Waals surface area contributed by atoms with Gasteiger partial charge in [0.25, 0.3) is 5.91 Å².